The van der Waals surface area contributed by atoms with Crippen LogP contribution in [0.15, 0.2) is 164 Å². The zero-order chi connectivity index (χ0) is 33.0. The molecule has 0 atom stereocenters. The first-order chi connectivity index (χ1) is 24.0. The highest BCUT2D eigenvalue weighted by Gasteiger charge is 2.35. The first-order valence-corrected chi connectivity index (χ1v) is 16.8. The lowest BCUT2D eigenvalue weighted by atomic mass is 9.81. The van der Waals surface area contributed by atoms with Gasteiger partial charge in [0.15, 0.2) is 17.5 Å². The number of nitrogens with zero attached hydrogens (tertiary/aromatic N) is 3. The molecule has 1 heterocycles. The summed E-state index contributed by atoms with van der Waals surface area (Å²) >= 11 is 0. The zero-order valence-corrected chi connectivity index (χ0v) is 27.4. The van der Waals surface area contributed by atoms with Crippen LogP contribution in [-0.2, 0) is 5.41 Å². The number of fused-ring (bicyclic) bond motifs is 4. The second-order valence-corrected chi connectivity index (χ2v) is 13.3. The van der Waals surface area contributed by atoms with Crippen molar-refractivity contribution < 1.29 is 0 Å². The van der Waals surface area contributed by atoms with E-state index in [1.807, 2.05) is 30.3 Å². The first kappa shape index (κ1) is 29.0. The molecule has 0 bridgehead atoms. The number of hydrogen-bond donors (Lipinski definition) is 0. The Morgan fingerprint density at radius 3 is 1.43 bits per heavy atom. The maximum atomic E-state index is 5.01. The van der Waals surface area contributed by atoms with E-state index in [0.29, 0.717) is 17.5 Å². The van der Waals surface area contributed by atoms with Crippen LogP contribution < -0.4 is 0 Å². The minimum Gasteiger partial charge on any atom is -0.208 e. The van der Waals surface area contributed by atoms with Crippen LogP contribution in [0.2, 0.25) is 0 Å². The number of hydrogen-bond acceptors (Lipinski definition) is 3. The van der Waals surface area contributed by atoms with Crippen LogP contribution >= 0.6 is 0 Å². The summed E-state index contributed by atoms with van der Waals surface area (Å²) < 4.78 is 0. The van der Waals surface area contributed by atoms with Crippen molar-refractivity contribution in [1.82, 2.24) is 15.0 Å². The molecule has 0 spiro atoms. The molecular weight excluding hydrogens is 595 g/mol. The fourth-order valence-electron chi connectivity index (χ4n) is 7.23. The highest BCUT2D eigenvalue weighted by atomic mass is 15.0. The molecule has 9 rings (SSSR count). The molecule has 0 amide bonds. The molecule has 3 nitrogen and oxygen atoms in total. The average molecular weight is 628 g/mol. The summed E-state index contributed by atoms with van der Waals surface area (Å²) in [4.78, 5) is 14.9. The van der Waals surface area contributed by atoms with Gasteiger partial charge in [-0.25, -0.2) is 15.0 Å². The van der Waals surface area contributed by atoms with E-state index in [2.05, 4.69) is 147 Å². The third-order valence-electron chi connectivity index (χ3n) is 9.95. The molecule has 0 saturated heterocycles. The van der Waals surface area contributed by atoms with E-state index in [9.17, 15) is 0 Å². The van der Waals surface area contributed by atoms with Crippen LogP contribution in [0, 0.1) is 0 Å². The molecule has 0 fully saturated rings. The van der Waals surface area contributed by atoms with Crippen LogP contribution in [0.4, 0.5) is 0 Å². The normalized spacial score (nSPS) is 12.9. The highest BCUT2D eigenvalue weighted by Crippen LogP contribution is 2.49. The third-order valence-corrected chi connectivity index (χ3v) is 9.95. The van der Waals surface area contributed by atoms with E-state index < -0.39 is 0 Å². The molecule has 0 aliphatic heterocycles. The molecule has 8 aromatic rings. The summed E-state index contributed by atoms with van der Waals surface area (Å²) in [6, 6.07) is 58.0. The Labute approximate surface area is 286 Å². The maximum Gasteiger partial charge on any atom is 0.164 e. The Morgan fingerprint density at radius 1 is 0.327 bits per heavy atom. The van der Waals surface area contributed by atoms with Gasteiger partial charge in [0, 0.05) is 22.1 Å². The Morgan fingerprint density at radius 2 is 0.776 bits per heavy atom. The van der Waals surface area contributed by atoms with Gasteiger partial charge in [0.25, 0.3) is 0 Å². The van der Waals surface area contributed by atoms with E-state index in [1.165, 1.54) is 49.7 Å². The molecule has 232 valence electrons. The molecule has 1 aromatic heterocycles. The lowest BCUT2D eigenvalue weighted by molar-refractivity contribution is 0.660. The van der Waals surface area contributed by atoms with Crippen molar-refractivity contribution in [2.75, 3.05) is 0 Å². The van der Waals surface area contributed by atoms with Gasteiger partial charge in [-0.05, 0) is 67.4 Å². The van der Waals surface area contributed by atoms with Crippen molar-refractivity contribution in [1.29, 1.82) is 0 Å². The maximum absolute atomic E-state index is 5.01. The summed E-state index contributed by atoms with van der Waals surface area (Å²) in [5.41, 5.74) is 13.0. The van der Waals surface area contributed by atoms with Crippen molar-refractivity contribution in [3.8, 4) is 67.5 Å². The SMILES string of the molecule is CC1(C)c2ccccc2-c2ccc(-c3ccc(-c4nc(-c5ccccc5)nc(-c5ccc(-c6ccc7ccccc7c6)cc5)n4)cc3)cc21. The standard InChI is InChI=1S/C46H33N3/c1-46(2)41-15-9-8-14-39(41)40-27-26-38(29-42(40)46)32-18-23-35(24-19-32)45-48-43(33-11-4-3-5-12-33)47-44(49-45)34-21-16-31(17-22-34)37-25-20-30-10-6-7-13-36(30)28-37/h3-29H,1-2H3. The van der Waals surface area contributed by atoms with Crippen molar-refractivity contribution in [3.05, 3.63) is 175 Å². The van der Waals surface area contributed by atoms with Gasteiger partial charge in [0.05, 0.1) is 0 Å². The predicted molar refractivity (Wildman–Crippen MR) is 202 cm³/mol. The van der Waals surface area contributed by atoms with E-state index in [4.69, 9.17) is 15.0 Å². The lowest BCUT2D eigenvalue weighted by Crippen LogP contribution is -2.14. The van der Waals surface area contributed by atoms with Crippen LogP contribution in [-0.4, -0.2) is 15.0 Å². The summed E-state index contributed by atoms with van der Waals surface area (Å²) in [7, 11) is 0. The van der Waals surface area contributed by atoms with Crippen LogP contribution in [0.3, 0.4) is 0 Å². The van der Waals surface area contributed by atoms with Crippen LogP contribution in [0.5, 0.6) is 0 Å². The van der Waals surface area contributed by atoms with Gasteiger partial charge >= 0.3 is 0 Å². The van der Waals surface area contributed by atoms with Crippen molar-refractivity contribution in [3.63, 3.8) is 0 Å². The van der Waals surface area contributed by atoms with E-state index >= 15 is 0 Å². The van der Waals surface area contributed by atoms with Gasteiger partial charge in [0.1, 0.15) is 0 Å². The topological polar surface area (TPSA) is 38.7 Å². The Kier molecular flexibility index (Phi) is 6.80. The molecule has 0 radical (unpaired) electrons. The van der Waals surface area contributed by atoms with Gasteiger partial charge in [0.2, 0.25) is 0 Å². The molecule has 3 heteroatoms. The molecule has 49 heavy (non-hydrogen) atoms. The predicted octanol–water partition coefficient (Wildman–Crippen LogP) is 11.7. The Hall–Kier alpha value is -6.19. The molecule has 1 aliphatic carbocycles. The fraction of sp³-hybridized carbons (Fsp3) is 0.0652. The summed E-state index contributed by atoms with van der Waals surface area (Å²) in [5.74, 6) is 1.96. The minimum atomic E-state index is -0.0370. The molecule has 0 unspecified atom stereocenters. The van der Waals surface area contributed by atoms with Crippen LogP contribution in [0.1, 0.15) is 25.0 Å². The fourth-order valence-corrected chi connectivity index (χ4v) is 7.23. The summed E-state index contributed by atoms with van der Waals surface area (Å²) in [6.45, 7) is 4.65. The largest absolute Gasteiger partial charge is 0.208 e. The average Bonchev–Trinajstić information content (AvgIpc) is 3.40. The molecule has 0 saturated carbocycles. The van der Waals surface area contributed by atoms with Gasteiger partial charge in [-0.1, -0.05) is 166 Å². The smallest absolute Gasteiger partial charge is 0.164 e. The van der Waals surface area contributed by atoms with Gasteiger partial charge in [-0.2, -0.15) is 0 Å². The van der Waals surface area contributed by atoms with E-state index in [0.717, 1.165) is 22.3 Å². The summed E-state index contributed by atoms with van der Waals surface area (Å²) in [6.07, 6.45) is 0. The second-order valence-electron chi connectivity index (χ2n) is 13.3. The van der Waals surface area contributed by atoms with Crippen LogP contribution in [0.25, 0.3) is 78.3 Å². The van der Waals surface area contributed by atoms with Crippen molar-refractivity contribution in [2.45, 2.75) is 19.3 Å². The molecular formula is C46H33N3. The van der Waals surface area contributed by atoms with E-state index in [-0.39, 0.29) is 5.41 Å². The zero-order valence-electron chi connectivity index (χ0n) is 27.4. The monoisotopic (exact) mass is 627 g/mol. The second kappa shape index (κ2) is 11.5. The number of aromatic nitrogens is 3. The Bertz CT molecular complexity index is 2500. The lowest BCUT2D eigenvalue weighted by Gasteiger charge is -2.22. The minimum absolute atomic E-state index is 0.0370. The van der Waals surface area contributed by atoms with Gasteiger partial charge < -0.3 is 0 Å². The molecule has 1 aliphatic rings. The quantitative estimate of drug-likeness (QED) is 0.191. The highest BCUT2D eigenvalue weighted by molar-refractivity contribution is 5.88. The Balaban J connectivity index is 1.06. The van der Waals surface area contributed by atoms with Crippen molar-refractivity contribution in [2.24, 2.45) is 0 Å². The summed E-state index contributed by atoms with van der Waals surface area (Å²) in [5, 5.41) is 2.47. The third kappa shape index (κ3) is 5.12. The molecule has 0 N–H and O–H groups in total. The van der Waals surface area contributed by atoms with Gasteiger partial charge in [-0.3, -0.25) is 0 Å². The van der Waals surface area contributed by atoms with Crippen molar-refractivity contribution >= 4 is 10.8 Å². The van der Waals surface area contributed by atoms with E-state index in [1.54, 1.807) is 0 Å². The number of rotatable bonds is 5. The molecule has 7 aromatic carbocycles. The van der Waals surface area contributed by atoms with Gasteiger partial charge in [-0.15, -0.1) is 0 Å². The number of benzene rings is 7. The first-order valence-electron chi connectivity index (χ1n) is 16.8.